The van der Waals surface area contributed by atoms with Gasteiger partial charge in [0.25, 0.3) is 0 Å². The Bertz CT molecular complexity index is 793. The van der Waals surface area contributed by atoms with E-state index in [0.29, 0.717) is 39.0 Å². The number of amides is 1. The molecule has 0 radical (unpaired) electrons. The molecule has 2 heterocycles. The Labute approximate surface area is 269 Å². The highest BCUT2D eigenvalue weighted by atomic mass is 16.7. The van der Waals surface area contributed by atoms with Crippen molar-refractivity contribution in [3.05, 3.63) is 0 Å². The molecule has 1 amide bonds. The Morgan fingerprint density at radius 1 is 0.778 bits per heavy atom. The van der Waals surface area contributed by atoms with Crippen LogP contribution in [0.4, 0.5) is 0 Å². The molecule has 15 heteroatoms. The molecule has 0 saturated carbocycles. The van der Waals surface area contributed by atoms with Crippen LogP contribution in [0.5, 0.6) is 0 Å². The maximum Gasteiger partial charge on any atom is 0.217 e. The lowest BCUT2D eigenvalue weighted by atomic mass is 9.87. The first kappa shape index (κ1) is 40.1. The summed E-state index contributed by atoms with van der Waals surface area (Å²) in [5, 5.41) is 25.4. The molecule has 15 nitrogen and oxygen atoms in total. The number of nitrogens with zero attached hydrogens (tertiary/aromatic N) is 2. The number of hydrogen-bond acceptors (Lipinski definition) is 14. The van der Waals surface area contributed by atoms with Crippen LogP contribution in [0.3, 0.4) is 0 Å². The molecule has 10 atom stereocenters. The maximum atomic E-state index is 12.0. The summed E-state index contributed by atoms with van der Waals surface area (Å²) < 4.78 is 24.6. The van der Waals surface area contributed by atoms with Crippen LogP contribution in [0.2, 0.25) is 0 Å². The van der Waals surface area contributed by atoms with E-state index in [9.17, 15) is 15.0 Å². The SMILES string of the molecule is COC1OC(CCCCN(CCN)CCN)C(OC2OC(CCCCN(CCN)CCN)C(C)C(O)C2N)C(O)C1NC(C)=O. The van der Waals surface area contributed by atoms with Crippen molar-refractivity contribution in [2.45, 2.75) is 108 Å². The molecular formula is C30H64N8O7. The third-order valence-corrected chi connectivity index (χ3v) is 8.92. The third kappa shape index (κ3) is 12.8. The monoisotopic (exact) mass is 648 g/mol. The van der Waals surface area contributed by atoms with Gasteiger partial charge in [0, 0.05) is 72.3 Å². The number of hydrogen-bond donors (Lipinski definition) is 8. The summed E-state index contributed by atoms with van der Waals surface area (Å²) in [4.78, 5) is 16.5. The molecule has 10 unspecified atom stereocenters. The Morgan fingerprint density at radius 2 is 1.27 bits per heavy atom. The van der Waals surface area contributed by atoms with Crippen LogP contribution in [-0.2, 0) is 23.7 Å². The fourth-order valence-corrected chi connectivity index (χ4v) is 6.40. The van der Waals surface area contributed by atoms with E-state index in [4.69, 9.17) is 47.6 Å². The van der Waals surface area contributed by atoms with Crippen LogP contribution in [0, 0.1) is 5.92 Å². The summed E-state index contributed by atoms with van der Waals surface area (Å²) in [6.07, 6.45) is -0.964. The molecule has 0 aliphatic carbocycles. The van der Waals surface area contributed by atoms with Crippen molar-refractivity contribution >= 4 is 5.91 Å². The van der Waals surface area contributed by atoms with E-state index in [1.165, 1.54) is 14.0 Å². The summed E-state index contributed by atoms with van der Waals surface area (Å²) in [6.45, 7) is 10.4. The van der Waals surface area contributed by atoms with Gasteiger partial charge >= 0.3 is 0 Å². The molecule has 2 fully saturated rings. The smallest absolute Gasteiger partial charge is 0.217 e. The largest absolute Gasteiger partial charge is 0.391 e. The van der Waals surface area contributed by atoms with Crippen molar-refractivity contribution in [1.82, 2.24) is 15.1 Å². The van der Waals surface area contributed by atoms with E-state index in [0.717, 1.165) is 65.0 Å². The summed E-state index contributed by atoms with van der Waals surface area (Å²) in [5.41, 5.74) is 29.4. The Balaban J connectivity index is 2.12. The number of nitrogens with one attached hydrogen (secondary N) is 1. The topological polar surface area (TPSA) is 243 Å². The minimum absolute atomic E-state index is 0.206. The van der Waals surface area contributed by atoms with Crippen molar-refractivity contribution in [2.75, 3.05) is 72.6 Å². The zero-order valence-electron chi connectivity index (χ0n) is 27.8. The lowest BCUT2D eigenvalue weighted by Gasteiger charge is -2.48. The van der Waals surface area contributed by atoms with Gasteiger partial charge in [-0.15, -0.1) is 0 Å². The van der Waals surface area contributed by atoms with Crippen LogP contribution in [-0.4, -0.2) is 154 Å². The van der Waals surface area contributed by atoms with E-state index in [1.807, 2.05) is 6.92 Å². The van der Waals surface area contributed by atoms with Crippen molar-refractivity contribution in [2.24, 2.45) is 34.6 Å². The van der Waals surface area contributed by atoms with Crippen molar-refractivity contribution in [1.29, 1.82) is 0 Å². The summed E-state index contributed by atoms with van der Waals surface area (Å²) in [7, 11) is 1.47. The molecular weight excluding hydrogens is 584 g/mol. The van der Waals surface area contributed by atoms with E-state index in [-0.39, 0.29) is 17.9 Å². The van der Waals surface area contributed by atoms with Crippen LogP contribution >= 0.6 is 0 Å². The fourth-order valence-electron chi connectivity index (χ4n) is 6.40. The highest BCUT2D eigenvalue weighted by molar-refractivity contribution is 5.73. The molecule has 2 saturated heterocycles. The highest BCUT2D eigenvalue weighted by Crippen LogP contribution is 2.33. The highest BCUT2D eigenvalue weighted by Gasteiger charge is 2.50. The van der Waals surface area contributed by atoms with Gasteiger partial charge in [0.1, 0.15) is 18.2 Å². The van der Waals surface area contributed by atoms with Gasteiger partial charge in [-0.25, -0.2) is 0 Å². The lowest BCUT2D eigenvalue weighted by Crippen LogP contribution is -2.67. The molecule has 0 bridgehead atoms. The molecule has 266 valence electrons. The van der Waals surface area contributed by atoms with Crippen LogP contribution in [0.1, 0.15) is 52.4 Å². The average molecular weight is 649 g/mol. The second-order valence-corrected chi connectivity index (χ2v) is 12.4. The van der Waals surface area contributed by atoms with Crippen molar-refractivity contribution < 1.29 is 34.0 Å². The predicted octanol–water partition coefficient (Wildman–Crippen LogP) is -2.56. The van der Waals surface area contributed by atoms with Gasteiger partial charge < -0.3 is 72.9 Å². The van der Waals surface area contributed by atoms with Crippen LogP contribution in [0.15, 0.2) is 0 Å². The maximum absolute atomic E-state index is 12.0. The first-order chi connectivity index (χ1) is 21.6. The number of carbonyl (C=O) groups excluding carboxylic acids is 1. The molecule has 2 rings (SSSR count). The predicted molar refractivity (Wildman–Crippen MR) is 173 cm³/mol. The Hall–Kier alpha value is -1.05. The molecule has 0 spiro atoms. The molecule has 13 N–H and O–H groups in total. The first-order valence-corrected chi connectivity index (χ1v) is 16.7. The van der Waals surface area contributed by atoms with Gasteiger partial charge in [-0.1, -0.05) is 6.92 Å². The van der Waals surface area contributed by atoms with Gasteiger partial charge in [-0.2, -0.15) is 0 Å². The lowest BCUT2D eigenvalue weighted by molar-refractivity contribution is -0.320. The van der Waals surface area contributed by atoms with Gasteiger partial charge in [-0.05, 0) is 51.6 Å². The standard InChI is InChI=1S/C30H64N8O7/c1-20-22(8-4-6-14-37(16-10-31)17-11-32)43-29(24(35)26(20)40)45-28-23(9-5-7-15-38(18-12-33)19-13-34)44-30(42-3)25(27(28)41)36-21(2)39/h20,22-30,40-41H,4-19,31-35H2,1-3H3,(H,36,39). The molecule has 0 aromatic carbocycles. The number of rotatable bonds is 22. The first-order valence-electron chi connectivity index (χ1n) is 16.7. The Kier molecular flexibility index (Phi) is 19.4. The minimum Gasteiger partial charge on any atom is -0.391 e. The van der Waals surface area contributed by atoms with E-state index < -0.39 is 49.1 Å². The van der Waals surface area contributed by atoms with E-state index in [2.05, 4.69) is 15.1 Å². The second-order valence-electron chi connectivity index (χ2n) is 12.4. The fraction of sp³-hybridized carbons (Fsp3) is 0.967. The number of carbonyl (C=O) groups is 1. The number of aliphatic hydroxyl groups excluding tert-OH is 2. The number of methoxy groups -OCH3 is 1. The summed E-state index contributed by atoms with van der Waals surface area (Å²) in [5.74, 6) is -0.546. The average Bonchev–Trinajstić information content (AvgIpc) is 3.01. The third-order valence-electron chi connectivity index (χ3n) is 8.92. The van der Waals surface area contributed by atoms with Crippen LogP contribution < -0.4 is 34.0 Å². The normalized spacial score (nSPS) is 32.4. The molecule has 45 heavy (non-hydrogen) atoms. The summed E-state index contributed by atoms with van der Waals surface area (Å²) >= 11 is 0. The van der Waals surface area contributed by atoms with Gasteiger partial charge in [0.05, 0.1) is 24.4 Å². The van der Waals surface area contributed by atoms with Gasteiger partial charge in [0.2, 0.25) is 5.91 Å². The van der Waals surface area contributed by atoms with Gasteiger partial charge in [-0.3, -0.25) is 4.79 Å². The number of unbranched alkanes of at least 4 members (excludes halogenated alkanes) is 2. The van der Waals surface area contributed by atoms with Gasteiger partial charge in [0.15, 0.2) is 12.6 Å². The van der Waals surface area contributed by atoms with E-state index >= 15 is 0 Å². The zero-order chi connectivity index (χ0) is 33.4. The summed E-state index contributed by atoms with van der Waals surface area (Å²) in [6, 6.07) is -1.71. The minimum atomic E-state index is -1.18. The van der Waals surface area contributed by atoms with Crippen LogP contribution in [0.25, 0.3) is 0 Å². The molecule has 0 aromatic rings. The molecule has 0 aromatic heterocycles. The second kappa shape index (κ2) is 21.8. The quantitative estimate of drug-likeness (QED) is 0.0563. The van der Waals surface area contributed by atoms with Crippen molar-refractivity contribution in [3.63, 3.8) is 0 Å². The molecule has 2 aliphatic heterocycles. The number of nitrogens with two attached hydrogens (primary N) is 5. The number of aliphatic hydroxyl groups is 2. The van der Waals surface area contributed by atoms with Crippen molar-refractivity contribution in [3.8, 4) is 0 Å². The zero-order valence-corrected chi connectivity index (χ0v) is 27.8. The molecule has 2 aliphatic rings. The Morgan fingerprint density at radius 3 is 1.73 bits per heavy atom. The van der Waals surface area contributed by atoms with E-state index in [1.54, 1.807) is 0 Å². The number of ether oxygens (including phenoxy) is 4.